The molecule has 106 valence electrons. The lowest BCUT2D eigenvalue weighted by Gasteiger charge is -2.10. The van der Waals surface area contributed by atoms with Crippen LogP contribution < -0.4 is 5.32 Å². The van der Waals surface area contributed by atoms with Gasteiger partial charge in [-0.05, 0) is 12.1 Å². The van der Waals surface area contributed by atoms with Crippen LogP contribution in [-0.4, -0.2) is 41.8 Å². The first-order valence-corrected chi connectivity index (χ1v) is 6.10. The topological polar surface area (TPSA) is 71.3 Å². The molecule has 0 aliphatic carbocycles. The third-order valence-corrected chi connectivity index (χ3v) is 2.59. The second-order valence-corrected chi connectivity index (χ2v) is 4.36. The van der Waals surface area contributed by atoms with Gasteiger partial charge >= 0.3 is 6.03 Å². The van der Waals surface area contributed by atoms with Crippen LogP contribution in [0.15, 0.2) is 28.7 Å². The minimum atomic E-state index is -0.413. The molecule has 2 amide bonds. The van der Waals surface area contributed by atoms with Crippen molar-refractivity contribution >= 4 is 6.03 Å². The number of aromatic nitrogens is 2. The summed E-state index contributed by atoms with van der Waals surface area (Å²) in [4.78, 5) is 12.7. The summed E-state index contributed by atoms with van der Waals surface area (Å²) in [6, 6.07) is 5.99. The molecule has 2 rings (SSSR count). The zero-order chi connectivity index (χ0) is 14.5. The van der Waals surface area contributed by atoms with E-state index in [0.29, 0.717) is 18.9 Å². The van der Waals surface area contributed by atoms with Gasteiger partial charge in [0.2, 0.25) is 5.89 Å². The van der Waals surface area contributed by atoms with Gasteiger partial charge in [0.05, 0.1) is 5.56 Å². The Hall–Kier alpha value is -2.44. The van der Waals surface area contributed by atoms with Crippen LogP contribution >= 0.6 is 0 Å². The van der Waals surface area contributed by atoms with Crippen molar-refractivity contribution in [2.75, 3.05) is 20.6 Å². The summed E-state index contributed by atoms with van der Waals surface area (Å²) < 4.78 is 18.9. The number of halogens is 1. The monoisotopic (exact) mass is 278 g/mol. The zero-order valence-electron chi connectivity index (χ0n) is 11.3. The fourth-order valence-corrected chi connectivity index (χ4v) is 1.53. The molecule has 0 aliphatic rings. The fourth-order valence-electron chi connectivity index (χ4n) is 1.53. The average Bonchev–Trinajstić information content (AvgIpc) is 2.87. The predicted molar refractivity (Wildman–Crippen MR) is 70.5 cm³/mol. The third-order valence-electron chi connectivity index (χ3n) is 2.59. The van der Waals surface area contributed by atoms with E-state index in [9.17, 15) is 9.18 Å². The smallest absolute Gasteiger partial charge is 0.316 e. The lowest BCUT2D eigenvalue weighted by atomic mass is 10.2. The van der Waals surface area contributed by atoms with E-state index in [1.807, 2.05) is 0 Å². The number of carbonyl (C=O) groups excluding carboxylic acids is 1. The second-order valence-electron chi connectivity index (χ2n) is 4.36. The maximum atomic E-state index is 13.5. The van der Waals surface area contributed by atoms with Crippen LogP contribution in [-0.2, 0) is 6.42 Å². The average molecular weight is 278 g/mol. The normalized spacial score (nSPS) is 10.3. The van der Waals surface area contributed by atoms with Gasteiger partial charge in [-0.25, -0.2) is 9.18 Å². The van der Waals surface area contributed by atoms with Crippen molar-refractivity contribution in [1.29, 1.82) is 0 Å². The lowest BCUT2D eigenvalue weighted by Crippen LogP contribution is -2.35. The molecule has 6 nitrogen and oxygen atoms in total. The summed E-state index contributed by atoms with van der Waals surface area (Å²) in [5.74, 6) is 0.0722. The van der Waals surface area contributed by atoms with E-state index in [0.717, 1.165) is 0 Å². The van der Waals surface area contributed by atoms with Crippen LogP contribution in [0.1, 0.15) is 5.89 Å². The van der Waals surface area contributed by atoms with Crippen molar-refractivity contribution < 1.29 is 13.6 Å². The van der Waals surface area contributed by atoms with Crippen molar-refractivity contribution in [3.05, 3.63) is 36.0 Å². The number of nitrogens with one attached hydrogen (secondary N) is 1. The van der Waals surface area contributed by atoms with Crippen LogP contribution in [0.4, 0.5) is 9.18 Å². The van der Waals surface area contributed by atoms with Crippen LogP contribution in [0.5, 0.6) is 0 Å². The van der Waals surface area contributed by atoms with Crippen molar-refractivity contribution in [3.63, 3.8) is 0 Å². The maximum absolute atomic E-state index is 13.5. The Balaban J connectivity index is 1.96. The first-order chi connectivity index (χ1) is 9.58. The first kappa shape index (κ1) is 14.0. The number of urea groups is 1. The molecular weight excluding hydrogens is 263 g/mol. The lowest BCUT2D eigenvalue weighted by molar-refractivity contribution is 0.217. The Morgan fingerprint density at radius 2 is 2.10 bits per heavy atom. The molecule has 1 N–H and O–H groups in total. The first-order valence-electron chi connectivity index (χ1n) is 6.10. The molecule has 0 fully saturated rings. The molecule has 1 aromatic heterocycles. The Morgan fingerprint density at radius 3 is 2.80 bits per heavy atom. The molecule has 7 heteroatoms. The van der Waals surface area contributed by atoms with Gasteiger partial charge in [-0.15, -0.1) is 10.2 Å². The Bertz CT molecular complexity index is 598. The van der Waals surface area contributed by atoms with Gasteiger partial charge in [0, 0.05) is 27.1 Å². The summed E-state index contributed by atoms with van der Waals surface area (Å²) in [5, 5.41) is 10.3. The molecule has 0 radical (unpaired) electrons. The largest absolute Gasteiger partial charge is 0.421 e. The molecule has 0 aliphatic heterocycles. The molecule has 0 spiro atoms. The molecule has 2 aromatic rings. The van der Waals surface area contributed by atoms with Gasteiger partial charge in [0.15, 0.2) is 0 Å². The summed E-state index contributed by atoms with van der Waals surface area (Å²) in [5.41, 5.74) is 0.267. The van der Waals surface area contributed by atoms with Crippen LogP contribution in [0.2, 0.25) is 0 Å². The van der Waals surface area contributed by atoms with Crippen LogP contribution in [0.25, 0.3) is 11.5 Å². The highest BCUT2D eigenvalue weighted by Crippen LogP contribution is 2.20. The third kappa shape index (κ3) is 3.31. The minimum absolute atomic E-state index is 0.136. The summed E-state index contributed by atoms with van der Waals surface area (Å²) in [7, 11) is 3.30. The summed E-state index contributed by atoms with van der Waals surface area (Å²) in [6.45, 7) is 0.371. The molecule has 0 bridgehead atoms. The number of amides is 2. The molecule has 0 unspecified atom stereocenters. The maximum Gasteiger partial charge on any atom is 0.316 e. The molecule has 0 saturated carbocycles. The van der Waals surface area contributed by atoms with E-state index in [-0.39, 0.29) is 17.5 Å². The SMILES string of the molecule is CN(C)C(=O)NCCc1nnc(-c2ccccc2F)o1. The number of rotatable bonds is 4. The van der Waals surface area contributed by atoms with Crippen molar-refractivity contribution in [2.45, 2.75) is 6.42 Å². The summed E-state index contributed by atoms with van der Waals surface area (Å²) >= 11 is 0. The Morgan fingerprint density at radius 1 is 1.35 bits per heavy atom. The Labute approximate surface area is 115 Å². The predicted octanol–water partition coefficient (Wildman–Crippen LogP) is 1.69. The molecule has 1 heterocycles. The highest BCUT2D eigenvalue weighted by atomic mass is 19.1. The minimum Gasteiger partial charge on any atom is -0.421 e. The van der Waals surface area contributed by atoms with Crippen LogP contribution in [0, 0.1) is 5.82 Å². The number of hydrogen-bond donors (Lipinski definition) is 1. The molecule has 0 saturated heterocycles. The fraction of sp³-hybridized carbons (Fsp3) is 0.308. The van der Waals surface area contributed by atoms with E-state index in [4.69, 9.17) is 4.42 Å². The Kier molecular flexibility index (Phi) is 4.29. The van der Waals surface area contributed by atoms with Gasteiger partial charge in [0.1, 0.15) is 5.82 Å². The second kappa shape index (κ2) is 6.14. The molecular formula is C13H15FN4O2. The summed E-state index contributed by atoms with van der Waals surface area (Å²) in [6.07, 6.45) is 0.390. The quantitative estimate of drug-likeness (QED) is 0.923. The molecule has 20 heavy (non-hydrogen) atoms. The molecule has 0 atom stereocenters. The van der Waals surface area contributed by atoms with E-state index >= 15 is 0 Å². The highest BCUT2D eigenvalue weighted by Gasteiger charge is 2.12. The van der Waals surface area contributed by atoms with E-state index in [1.54, 1.807) is 32.3 Å². The number of hydrogen-bond acceptors (Lipinski definition) is 4. The molecule has 1 aromatic carbocycles. The van der Waals surface area contributed by atoms with Crippen LogP contribution in [0.3, 0.4) is 0 Å². The number of carbonyl (C=O) groups is 1. The number of nitrogens with zero attached hydrogens (tertiary/aromatic N) is 3. The van der Waals surface area contributed by atoms with Gasteiger partial charge in [-0.3, -0.25) is 0 Å². The van der Waals surface area contributed by atoms with Gasteiger partial charge in [-0.2, -0.15) is 0 Å². The standard InChI is InChI=1S/C13H15FN4O2/c1-18(2)13(19)15-8-7-11-16-17-12(20-11)9-5-3-4-6-10(9)14/h3-6H,7-8H2,1-2H3,(H,15,19). The van der Waals surface area contributed by atoms with E-state index in [2.05, 4.69) is 15.5 Å². The van der Waals surface area contributed by atoms with E-state index in [1.165, 1.54) is 11.0 Å². The van der Waals surface area contributed by atoms with Crippen molar-refractivity contribution in [2.24, 2.45) is 0 Å². The van der Waals surface area contributed by atoms with Crippen molar-refractivity contribution in [3.8, 4) is 11.5 Å². The van der Waals surface area contributed by atoms with Gasteiger partial charge in [-0.1, -0.05) is 12.1 Å². The van der Waals surface area contributed by atoms with Gasteiger partial charge < -0.3 is 14.6 Å². The van der Waals surface area contributed by atoms with Gasteiger partial charge in [0.25, 0.3) is 5.89 Å². The zero-order valence-corrected chi connectivity index (χ0v) is 11.3. The number of benzene rings is 1. The van der Waals surface area contributed by atoms with Crippen molar-refractivity contribution in [1.82, 2.24) is 20.4 Å². The van der Waals surface area contributed by atoms with E-state index < -0.39 is 5.82 Å². The highest BCUT2D eigenvalue weighted by molar-refractivity contribution is 5.73.